The molecule has 2 aliphatic rings. The molecule has 1 N–H and O–H groups in total. The van der Waals surface area contributed by atoms with E-state index in [4.69, 9.17) is 11.6 Å². The molecule has 1 saturated heterocycles. The Morgan fingerprint density at radius 3 is 2.64 bits per heavy atom. The lowest BCUT2D eigenvalue weighted by Crippen LogP contribution is -2.56. The highest BCUT2D eigenvalue weighted by atomic mass is 35.5. The smallest absolute Gasteiger partial charge is 0.222 e. The lowest BCUT2D eigenvalue weighted by atomic mass is 9.63. The summed E-state index contributed by atoms with van der Waals surface area (Å²) in [6.07, 6.45) is 3.52. The zero-order valence-corrected chi connectivity index (χ0v) is 15.3. The first-order valence-corrected chi connectivity index (χ1v) is 9.16. The normalized spacial score (nSPS) is 25.5. The monoisotopic (exact) mass is 355 g/mol. The van der Waals surface area contributed by atoms with Crippen LogP contribution in [-0.4, -0.2) is 29.0 Å². The van der Waals surface area contributed by atoms with Gasteiger partial charge in [-0.3, -0.25) is 4.79 Å². The number of aromatic hydroxyl groups is 1. The minimum atomic E-state index is 0.0291. The van der Waals surface area contributed by atoms with Gasteiger partial charge in [-0.25, -0.2) is 0 Å². The van der Waals surface area contributed by atoms with Gasteiger partial charge in [0, 0.05) is 24.9 Å². The topological polar surface area (TPSA) is 40.5 Å². The van der Waals surface area contributed by atoms with Crippen molar-refractivity contribution in [3.63, 3.8) is 0 Å². The Hall–Kier alpha value is -2.00. The standard InChI is InChI=1S/C21H22ClNO2/c1-21-10-9-20(25)23(2)19(21)8-5-15-11-13(3-6-16(15)21)14-4-7-18(24)17(22)12-14/h3-4,6-7,11-12,19,24H,5,8-10H2,1-2H3/t19-,21-/m1/s1. The number of phenolic OH excluding ortho intramolecular Hbond substituents is 1. The molecule has 0 bridgehead atoms. The molecule has 4 heteroatoms. The van der Waals surface area contributed by atoms with Crippen molar-refractivity contribution in [3.05, 3.63) is 52.5 Å². The molecule has 4 rings (SSSR count). The van der Waals surface area contributed by atoms with Gasteiger partial charge in [-0.2, -0.15) is 0 Å². The van der Waals surface area contributed by atoms with E-state index in [1.54, 1.807) is 12.1 Å². The molecule has 1 amide bonds. The molecule has 130 valence electrons. The molecule has 2 aromatic rings. The first kappa shape index (κ1) is 16.5. The zero-order chi connectivity index (χ0) is 17.8. The predicted molar refractivity (Wildman–Crippen MR) is 100 cm³/mol. The van der Waals surface area contributed by atoms with Gasteiger partial charge in [0.2, 0.25) is 5.91 Å². The highest BCUT2D eigenvalue weighted by Crippen LogP contribution is 2.46. The van der Waals surface area contributed by atoms with Crippen molar-refractivity contribution in [3.8, 4) is 16.9 Å². The second-order valence-corrected chi connectivity index (χ2v) is 7.92. The second kappa shape index (κ2) is 5.77. The SMILES string of the molecule is CN1C(=O)CC[C@]2(C)c3ccc(-c4ccc(O)c(Cl)c4)cc3CC[C@@H]12. The Labute approximate surface area is 153 Å². The third-order valence-corrected chi connectivity index (χ3v) is 6.45. The van der Waals surface area contributed by atoms with Crippen LogP contribution in [0, 0.1) is 0 Å². The van der Waals surface area contributed by atoms with E-state index in [1.807, 2.05) is 18.0 Å². The number of carbonyl (C=O) groups excluding carboxylic acids is 1. The number of benzene rings is 2. The summed E-state index contributed by atoms with van der Waals surface area (Å²) >= 11 is 6.06. The number of nitrogens with zero attached hydrogens (tertiary/aromatic N) is 1. The van der Waals surface area contributed by atoms with Crippen molar-refractivity contribution in [2.75, 3.05) is 7.05 Å². The van der Waals surface area contributed by atoms with Crippen molar-refractivity contribution < 1.29 is 9.90 Å². The lowest BCUT2D eigenvalue weighted by Gasteiger charge is -2.50. The number of piperidine rings is 1. The third kappa shape index (κ3) is 2.53. The Balaban J connectivity index is 1.75. The maximum absolute atomic E-state index is 12.1. The molecular formula is C21H22ClNO2. The summed E-state index contributed by atoms with van der Waals surface area (Å²) in [7, 11) is 1.95. The van der Waals surface area contributed by atoms with Crippen molar-refractivity contribution in [1.82, 2.24) is 4.90 Å². The van der Waals surface area contributed by atoms with Crippen LogP contribution in [-0.2, 0) is 16.6 Å². The Morgan fingerprint density at radius 1 is 1.16 bits per heavy atom. The van der Waals surface area contributed by atoms with E-state index >= 15 is 0 Å². The summed E-state index contributed by atoms with van der Waals surface area (Å²) in [6, 6.07) is 12.2. The van der Waals surface area contributed by atoms with Crippen LogP contribution in [0.15, 0.2) is 36.4 Å². The number of phenols is 1. The van der Waals surface area contributed by atoms with Crippen LogP contribution in [0.4, 0.5) is 0 Å². The number of likely N-dealkylation sites (tertiary alicyclic amines) is 1. The Bertz CT molecular complexity index is 863. The van der Waals surface area contributed by atoms with Crippen LogP contribution in [0.2, 0.25) is 5.02 Å². The quantitative estimate of drug-likeness (QED) is 0.816. The van der Waals surface area contributed by atoms with E-state index < -0.39 is 0 Å². The van der Waals surface area contributed by atoms with E-state index in [0.29, 0.717) is 11.4 Å². The molecular weight excluding hydrogens is 334 g/mol. The molecule has 0 aromatic heterocycles. The minimum absolute atomic E-state index is 0.0291. The lowest BCUT2D eigenvalue weighted by molar-refractivity contribution is -0.138. The Kier molecular flexibility index (Phi) is 3.80. The minimum Gasteiger partial charge on any atom is -0.506 e. The van der Waals surface area contributed by atoms with Gasteiger partial charge in [0.1, 0.15) is 5.75 Å². The number of likely N-dealkylation sites (N-methyl/N-ethyl adjacent to an activating group) is 1. The van der Waals surface area contributed by atoms with Crippen LogP contribution in [0.25, 0.3) is 11.1 Å². The fourth-order valence-corrected chi connectivity index (χ4v) is 4.83. The van der Waals surface area contributed by atoms with Gasteiger partial charge in [-0.15, -0.1) is 0 Å². The molecule has 1 heterocycles. The molecule has 2 atom stereocenters. The molecule has 1 fully saturated rings. The molecule has 25 heavy (non-hydrogen) atoms. The van der Waals surface area contributed by atoms with E-state index in [0.717, 1.165) is 30.4 Å². The van der Waals surface area contributed by atoms with E-state index in [-0.39, 0.29) is 23.1 Å². The average molecular weight is 356 g/mol. The fourth-order valence-electron chi connectivity index (χ4n) is 4.65. The van der Waals surface area contributed by atoms with E-state index in [9.17, 15) is 9.90 Å². The number of amides is 1. The summed E-state index contributed by atoms with van der Waals surface area (Å²) in [5, 5.41) is 10.00. The maximum Gasteiger partial charge on any atom is 0.222 e. The molecule has 1 aliphatic carbocycles. The molecule has 2 aromatic carbocycles. The predicted octanol–water partition coefficient (Wildman–Crippen LogP) is 4.54. The fraction of sp³-hybridized carbons (Fsp3) is 0.381. The second-order valence-electron chi connectivity index (χ2n) is 7.51. The van der Waals surface area contributed by atoms with E-state index in [1.165, 1.54) is 11.1 Å². The van der Waals surface area contributed by atoms with Crippen LogP contribution in [0.3, 0.4) is 0 Å². The third-order valence-electron chi connectivity index (χ3n) is 6.14. The van der Waals surface area contributed by atoms with Gasteiger partial charge in [0.25, 0.3) is 0 Å². The van der Waals surface area contributed by atoms with Gasteiger partial charge in [-0.1, -0.05) is 42.8 Å². The van der Waals surface area contributed by atoms with Crippen LogP contribution < -0.4 is 0 Å². The molecule has 0 spiro atoms. The van der Waals surface area contributed by atoms with Crippen molar-refractivity contribution in [2.45, 2.75) is 44.1 Å². The number of fused-ring (bicyclic) bond motifs is 3. The number of aryl methyl sites for hydroxylation is 1. The number of rotatable bonds is 1. The largest absolute Gasteiger partial charge is 0.506 e. The summed E-state index contributed by atoms with van der Waals surface area (Å²) in [4.78, 5) is 14.1. The van der Waals surface area contributed by atoms with Crippen LogP contribution in [0.5, 0.6) is 5.75 Å². The van der Waals surface area contributed by atoms with Gasteiger partial charge >= 0.3 is 0 Å². The first-order chi connectivity index (χ1) is 11.9. The van der Waals surface area contributed by atoms with Crippen LogP contribution in [0.1, 0.15) is 37.3 Å². The van der Waals surface area contributed by atoms with Gasteiger partial charge in [-0.05, 0) is 53.6 Å². The number of hydrogen-bond acceptors (Lipinski definition) is 2. The first-order valence-electron chi connectivity index (χ1n) is 8.78. The molecule has 3 nitrogen and oxygen atoms in total. The summed E-state index contributed by atoms with van der Waals surface area (Å²) < 4.78 is 0. The van der Waals surface area contributed by atoms with Gasteiger partial charge in [0.15, 0.2) is 0 Å². The van der Waals surface area contributed by atoms with Crippen LogP contribution >= 0.6 is 11.6 Å². The molecule has 0 radical (unpaired) electrons. The Morgan fingerprint density at radius 2 is 1.88 bits per heavy atom. The van der Waals surface area contributed by atoms with Gasteiger partial charge in [0.05, 0.1) is 5.02 Å². The highest BCUT2D eigenvalue weighted by Gasteiger charge is 2.46. The zero-order valence-electron chi connectivity index (χ0n) is 14.6. The molecule has 0 unspecified atom stereocenters. The van der Waals surface area contributed by atoms with Crippen molar-refractivity contribution >= 4 is 17.5 Å². The molecule has 0 saturated carbocycles. The summed E-state index contributed by atoms with van der Waals surface area (Å²) in [5.74, 6) is 0.370. The highest BCUT2D eigenvalue weighted by molar-refractivity contribution is 6.32. The number of halogens is 1. The van der Waals surface area contributed by atoms with E-state index in [2.05, 4.69) is 25.1 Å². The van der Waals surface area contributed by atoms with Gasteiger partial charge < -0.3 is 10.0 Å². The summed E-state index contributed by atoms with van der Waals surface area (Å²) in [5.41, 5.74) is 4.89. The number of hydrogen-bond donors (Lipinski definition) is 1. The average Bonchev–Trinajstić information content (AvgIpc) is 2.60. The summed E-state index contributed by atoms with van der Waals surface area (Å²) in [6.45, 7) is 2.30. The van der Waals surface area contributed by atoms with Crippen molar-refractivity contribution in [1.29, 1.82) is 0 Å². The van der Waals surface area contributed by atoms with Crippen molar-refractivity contribution in [2.24, 2.45) is 0 Å². The molecule has 1 aliphatic heterocycles. The maximum atomic E-state index is 12.1. The number of carbonyl (C=O) groups is 1.